The Hall–Kier alpha value is -0.650. The van der Waals surface area contributed by atoms with Gasteiger partial charge in [0.05, 0.1) is 0 Å². The van der Waals surface area contributed by atoms with Crippen LogP contribution in [0.15, 0.2) is 6.20 Å². The van der Waals surface area contributed by atoms with Gasteiger partial charge in [-0.3, -0.25) is 4.90 Å². The van der Waals surface area contributed by atoms with Crippen LogP contribution in [0, 0.1) is 4.77 Å². The highest BCUT2D eigenvalue weighted by molar-refractivity contribution is 7.71. The molecule has 14 heavy (non-hydrogen) atoms. The van der Waals surface area contributed by atoms with Crippen molar-refractivity contribution < 1.29 is 0 Å². The number of hydrogen-bond acceptors (Lipinski definition) is 3. The van der Waals surface area contributed by atoms with Gasteiger partial charge in [-0.2, -0.15) is 0 Å². The monoisotopic (exact) mass is 212 g/mol. The van der Waals surface area contributed by atoms with Gasteiger partial charge < -0.3 is 14.9 Å². The van der Waals surface area contributed by atoms with Gasteiger partial charge in [0, 0.05) is 44.6 Å². The molecule has 0 atom stereocenters. The van der Waals surface area contributed by atoms with E-state index < -0.39 is 0 Å². The lowest BCUT2D eigenvalue weighted by Crippen LogP contribution is -2.43. The van der Waals surface area contributed by atoms with Crippen LogP contribution in [-0.2, 0) is 6.54 Å². The molecule has 1 aromatic heterocycles. The minimum absolute atomic E-state index is 0.717. The Balaban J connectivity index is 1.89. The second-order valence-electron chi connectivity index (χ2n) is 3.85. The first-order valence-corrected chi connectivity index (χ1v) is 5.32. The zero-order valence-electron chi connectivity index (χ0n) is 8.42. The molecule has 1 fully saturated rings. The topological polar surface area (TPSA) is 38.1 Å². The van der Waals surface area contributed by atoms with Crippen molar-refractivity contribution in [2.75, 3.05) is 33.2 Å². The average Bonchev–Trinajstić information content (AvgIpc) is 2.56. The molecule has 1 aromatic rings. The summed E-state index contributed by atoms with van der Waals surface area (Å²) in [4.78, 5) is 10.9. The minimum atomic E-state index is 0.717. The molecule has 1 aliphatic heterocycles. The molecule has 0 spiro atoms. The molecule has 2 N–H and O–H groups in total. The molecule has 0 saturated carbocycles. The molecule has 0 unspecified atom stereocenters. The van der Waals surface area contributed by atoms with Crippen LogP contribution in [0.25, 0.3) is 0 Å². The fourth-order valence-corrected chi connectivity index (χ4v) is 1.89. The Morgan fingerprint density at radius 1 is 1.36 bits per heavy atom. The van der Waals surface area contributed by atoms with Gasteiger partial charge in [0.25, 0.3) is 0 Å². The van der Waals surface area contributed by atoms with Crippen molar-refractivity contribution in [1.29, 1.82) is 0 Å². The standard InChI is InChI=1S/C9H16N4S/c1-12-2-4-13(5-3-12)7-8-6-10-9(14)11-8/h6H,2-5,7H2,1H3,(H2,10,11,14). The van der Waals surface area contributed by atoms with Crippen LogP contribution in [-0.4, -0.2) is 53.0 Å². The normalized spacial score (nSPS) is 20.1. The maximum absolute atomic E-state index is 4.98. The Morgan fingerprint density at radius 2 is 2.07 bits per heavy atom. The molecule has 1 saturated heterocycles. The van der Waals surface area contributed by atoms with Crippen molar-refractivity contribution in [3.63, 3.8) is 0 Å². The number of rotatable bonds is 2. The summed E-state index contributed by atoms with van der Waals surface area (Å²) in [6.45, 7) is 5.57. The highest BCUT2D eigenvalue weighted by Crippen LogP contribution is 2.04. The van der Waals surface area contributed by atoms with E-state index in [1.165, 1.54) is 5.69 Å². The van der Waals surface area contributed by atoms with E-state index in [4.69, 9.17) is 12.2 Å². The first kappa shape index (κ1) is 9.89. The molecule has 78 valence electrons. The van der Waals surface area contributed by atoms with E-state index in [0.29, 0.717) is 4.77 Å². The van der Waals surface area contributed by atoms with Crippen molar-refractivity contribution in [2.45, 2.75) is 6.54 Å². The number of piperazine rings is 1. The smallest absolute Gasteiger partial charge is 0.174 e. The number of nitrogens with one attached hydrogen (secondary N) is 2. The SMILES string of the molecule is CN1CCN(Cc2c[nH]c(=S)[nH]2)CC1. The number of likely N-dealkylation sites (N-methyl/N-ethyl adjacent to an activating group) is 1. The summed E-state index contributed by atoms with van der Waals surface area (Å²) in [5.74, 6) is 0. The Morgan fingerprint density at radius 3 is 2.64 bits per heavy atom. The van der Waals surface area contributed by atoms with E-state index in [0.717, 1.165) is 32.7 Å². The molecular weight excluding hydrogens is 196 g/mol. The van der Waals surface area contributed by atoms with E-state index in [1.807, 2.05) is 6.20 Å². The van der Waals surface area contributed by atoms with Gasteiger partial charge in [0.15, 0.2) is 4.77 Å². The molecule has 2 rings (SSSR count). The number of H-pyrrole nitrogens is 2. The second-order valence-corrected chi connectivity index (χ2v) is 4.26. The average molecular weight is 212 g/mol. The highest BCUT2D eigenvalue weighted by Gasteiger charge is 2.13. The maximum atomic E-state index is 4.98. The van der Waals surface area contributed by atoms with Crippen molar-refractivity contribution in [2.24, 2.45) is 0 Å². The molecular formula is C9H16N4S. The van der Waals surface area contributed by atoms with Gasteiger partial charge >= 0.3 is 0 Å². The summed E-state index contributed by atoms with van der Waals surface area (Å²) in [6.07, 6.45) is 1.96. The number of nitrogens with zero attached hydrogens (tertiary/aromatic N) is 2. The summed E-state index contributed by atoms with van der Waals surface area (Å²) >= 11 is 4.98. The quantitative estimate of drug-likeness (QED) is 0.713. The molecule has 0 bridgehead atoms. The van der Waals surface area contributed by atoms with E-state index in [9.17, 15) is 0 Å². The lowest BCUT2D eigenvalue weighted by atomic mass is 10.3. The lowest BCUT2D eigenvalue weighted by Gasteiger charge is -2.31. The van der Waals surface area contributed by atoms with Gasteiger partial charge in [-0.25, -0.2) is 0 Å². The summed E-state index contributed by atoms with van der Waals surface area (Å²) in [7, 11) is 2.17. The van der Waals surface area contributed by atoms with Crippen molar-refractivity contribution in [3.05, 3.63) is 16.7 Å². The van der Waals surface area contributed by atoms with Gasteiger partial charge in [0.1, 0.15) is 0 Å². The Kier molecular flexibility index (Phi) is 3.00. The first-order chi connectivity index (χ1) is 6.74. The third-order valence-corrected chi connectivity index (χ3v) is 2.86. The van der Waals surface area contributed by atoms with Crippen LogP contribution < -0.4 is 0 Å². The number of imidazole rings is 1. The maximum Gasteiger partial charge on any atom is 0.174 e. The number of hydrogen-bond donors (Lipinski definition) is 2. The molecule has 4 nitrogen and oxygen atoms in total. The van der Waals surface area contributed by atoms with Crippen LogP contribution >= 0.6 is 12.2 Å². The van der Waals surface area contributed by atoms with E-state index in [1.54, 1.807) is 0 Å². The summed E-state index contributed by atoms with van der Waals surface area (Å²) in [5, 5.41) is 0. The summed E-state index contributed by atoms with van der Waals surface area (Å²) in [5.41, 5.74) is 1.18. The van der Waals surface area contributed by atoms with Gasteiger partial charge in [-0.15, -0.1) is 0 Å². The lowest BCUT2D eigenvalue weighted by molar-refractivity contribution is 0.147. The van der Waals surface area contributed by atoms with Crippen LogP contribution in [0.1, 0.15) is 5.69 Å². The fraction of sp³-hybridized carbons (Fsp3) is 0.667. The fourth-order valence-electron chi connectivity index (χ4n) is 1.70. The number of aromatic nitrogens is 2. The molecule has 1 aliphatic rings. The molecule has 0 aromatic carbocycles. The largest absolute Gasteiger partial charge is 0.337 e. The zero-order chi connectivity index (χ0) is 9.97. The third kappa shape index (κ3) is 2.43. The second kappa shape index (κ2) is 4.25. The highest BCUT2D eigenvalue weighted by atomic mass is 32.1. The first-order valence-electron chi connectivity index (χ1n) is 4.91. The predicted molar refractivity (Wildman–Crippen MR) is 58.8 cm³/mol. The van der Waals surface area contributed by atoms with Gasteiger partial charge in [-0.1, -0.05) is 0 Å². The molecule has 0 aliphatic carbocycles. The molecule has 0 amide bonds. The minimum Gasteiger partial charge on any atom is -0.337 e. The van der Waals surface area contributed by atoms with Crippen molar-refractivity contribution in [3.8, 4) is 0 Å². The van der Waals surface area contributed by atoms with Crippen LogP contribution in [0.3, 0.4) is 0 Å². The zero-order valence-corrected chi connectivity index (χ0v) is 9.23. The van der Waals surface area contributed by atoms with Gasteiger partial charge in [0.2, 0.25) is 0 Å². The molecule has 0 radical (unpaired) electrons. The molecule has 2 heterocycles. The van der Waals surface area contributed by atoms with E-state index in [-0.39, 0.29) is 0 Å². The third-order valence-electron chi connectivity index (χ3n) is 2.64. The summed E-state index contributed by atoms with van der Waals surface area (Å²) in [6, 6.07) is 0. The predicted octanol–water partition coefficient (Wildman–Crippen LogP) is 0.820. The molecule has 5 heteroatoms. The van der Waals surface area contributed by atoms with Crippen molar-refractivity contribution in [1.82, 2.24) is 19.8 Å². The van der Waals surface area contributed by atoms with Crippen LogP contribution in [0.5, 0.6) is 0 Å². The number of aromatic amines is 2. The van der Waals surface area contributed by atoms with Gasteiger partial charge in [-0.05, 0) is 19.3 Å². The summed E-state index contributed by atoms with van der Waals surface area (Å²) < 4.78 is 0.717. The van der Waals surface area contributed by atoms with Crippen LogP contribution in [0.4, 0.5) is 0 Å². The van der Waals surface area contributed by atoms with Crippen molar-refractivity contribution >= 4 is 12.2 Å². The van der Waals surface area contributed by atoms with Crippen LogP contribution in [0.2, 0.25) is 0 Å². The van der Waals surface area contributed by atoms with E-state index >= 15 is 0 Å². The Labute approximate surface area is 88.9 Å². The van der Waals surface area contributed by atoms with E-state index in [2.05, 4.69) is 26.8 Å². The Bertz CT molecular complexity index is 335.